The van der Waals surface area contributed by atoms with Gasteiger partial charge >= 0.3 is 6.09 Å². The van der Waals surface area contributed by atoms with Gasteiger partial charge in [-0.25, -0.2) is 9.18 Å². The van der Waals surface area contributed by atoms with Gasteiger partial charge in [0.15, 0.2) is 11.5 Å². The van der Waals surface area contributed by atoms with Crippen molar-refractivity contribution in [2.24, 2.45) is 23.7 Å². The summed E-state index contributed by atoms with van der Waals surface area (Å²) in [6.07, 6.45) is 0.832. The third kappa shape index (κ3) is 4.79. The number of allylic oxidation sites excluding steroid dienone is 2. The minimum Gasteiger partial charge on any atom is -0.504 e. The first-order chi connectivity index (χ1) is 23.5. The first kappa shape index (κ1) is 32.3. The Morgan fingerprint density at radius 2 is 1.71 bits per heavy atom. The number of anilines is 1. The van der Waals surface area contributed by atoms with Crippen LogP contribution in [-0.4, -0.2) is 58.5 Å². The molecule has 2 heterocycles. The standard InChI is InChI=1S/C36H31ClFN3O8/c1-3-49-28-16-18(4-15-27(28)42)30-23-13-14-24-29(33(45)40(31(24)43)35(47)48-2)25(23)17-26-32(44)41(39-22-11-9-21(38)10-12-22)34(46)36(26,30)19-5-7-20(37)8-6-19/h4-13,15-16,24-26,29-30,39,42H,3,14,17H2,1-2H3/t24-,25+,26-,29-,30-,36+/m0/s1. The van der Waals surface area contributed by atoms with Crippen LogP contribution in [0.4, 0.5) is 14.9 Å². The lowest BCUT2D eigenvalue weighted by Gasteiger charge is -2.50. The number of carbonyl (C=O) groups excluding carboxylic acids is 5. The average molecular weight is 688 g/mol. The molecule has 4 aliphatic rings. The molecule has 2 aliphatic carbocycles. The van der Waals surface area contributed by atoms with Crippen molar-refractivity contribution in [1.82, 2.24) is 9.91 Å². The van der Waals surface area contributed by atoms with Gasteiger partial charge < -0.3 is 14.6 Å². The molecule has 7 rings (SSSR count). The Morgan fingerprint density at radius 1 is 1.00 bits per heavy atom. The Morgan fingerprint density at radius 3 is 2.39 bits per heavy atom. The van der Waals surface area contributed by atoms with E-state index in [0.717, 1.165) is 12.1 Å². The minimum absolute atomic E-state index is 0.0112. The number of rotatable bonds is 6. The lowest BCUT2D eigenvalue weighted by Crippen LogP contribution is -2.53. The molecule has 2 saturated heterocycles. The lowest BCUT2D eigenvalue weighted by atomic mass is 9.49. The van der Waals surface area contributed by atoms with Gasteiger partial charge in [-0.3, -0.25) is 24.6 Å². The Bertz CT molecular complexity index is 1930. The van der Waals surface area contributed by atoms with E-state index in [4.69, 9.17) is 21.1 Å². The molecule has 2 aliphatic heterocycles. The topological polar surface area (TPSA) is 143 Å². The quantitative estimate of drug-likeness (QED) is 0.260. The number of ether oxygens (including phenoxy) is 2. The largest absolute Gasteiger partial charge is 0.504 e. The maximum Gasteiger partial charge on any atom is 0.423 e. The highest BCUT2D eigenvalue weighted by Crippen LogP contribution is 2.64. The maximum atomic E-state index is 15.1. The zero-order chi connectivity index (χ0) is 34.8. The van der Waals surface area contributed by atoms with E-state index in [1.54, 1.807) is 43.3 Å². The van der Waals surface area contributed by atoms with Gasteiger partial charge in [-0.05, 0) is 85.3 Å². The fourth-order valence-corrected chi connectivity index (χ4v) is 8.41. The van der Waals surface area contributed by atoms with Crippen LogP contribution in [-0.2, 0) is 29.3 Å². The van der Waals surface area contributed by atoms with Crippen molar-refractivity contribution >= 4 is 47.0 Å². The minimum atomic E-state index is -1.61. The molecule has 49 heavy (non-hydrogen) atoms. The summed E-state index contributed by atoms with van der Waals surface area (Å²) in [5.41, 5.74) is 3.19. The molecule has 5 amide bonds. The van der Waals surface area contributed by atoms with Crippen molar-refractivity contribution in [2.45, 2.75) is 31.1 Å². The number of benzene rings is 3. The maximum absolute atomic E-state index is 15.1. The van der Waals surface area contributed by atoms with Crippen molar-refractivity contribution in [1.29, 1.82) is 0 Å². The number of likely N-dealkylation sites (tertiary alicyclic amines) is 1. The van der Waals surface area contributed by atoms with Crippen molar-refractivity contribution < 1.29 is 42.9 Å². The number of methoxy groups -OCH3 is 1. The SMILES string of the molecule is CCOc1cc([C@H]2C3=CC[C@@H]4C(=O)N(C(=O)OC)C(=O)[C@@H]4[C@@H]3C[C@H]3C(=O)N(Nc4ccc(F)cc4)C(=O)[C@@]23c2ccc(Cl)cc2)ccc1O. The third-order valence-electron chi connectivity index (χ3n) is 10.2. The van der Waals surface area contributed by atoms with E-state index in [1.165, 1.54) is 30.3 Å². The number of hydrogen-bond donors (Lipinski definition) is 2. The molecule has 6 atom stereocenters. The Kier molecular flexibility index (Phi) is 7.93. The molecule has 0 bridgehead atoms. The van der Waals surface area contributed by atoms with E-state index < -0.39 is 70.5 Å². The summed E-state index contributed by atoms with van der Waals surface area (Å²) in [5, 5.41) is 12.0. The van der Waals surface area contributed by atoms with Crippen LogP contribution in [0.2, 0.25) is 5.02 Å². The molecule has 1 saturated carbocycles. The second-order valence-corrected chi connectivity index (χ2v) is 13.0. The van der Waals surface area contributed by atoms with Gasteiger partial charge in [0.25, 0.3) is 11.8 Å². The van der Waals surface area contributed by atoms with Crippen LogP contribution in [0, 0.1) is 29.5 Å². The summed E-state index contributed by atoms with van der Waals surface area (Å²) >= 11 is 6.31. The molecule has 13 heteroatoms. The van der Waals surface area contributed by atoms with E-state index in [1.807, 2.05) is 6.08 Å². The predicted molar refractivity (Wildman–Crippen MR) is 173 cm³/mol. The fourth-order valence-electron chi connectivity index (χ4n) is 8.28. The van der Waals surface area contributed by atoms with Crippen LogP contribution in [0.5, 0.6) is 11.5 Å². The van der Waals surface area contributed by atoms with Gasteiger partial charge in [-0.15, -0.1) is 0 Å². The highest BCUT2D eigenvalue weighted by Gasteiger charge is 2.70. The molecular weight excluding hydrogens is 657 g/mol. The molecule has 0 spiro atoms. The normalized spacial score (nSPS) is 27.3. The number of phenolic OH excluding ortho intramolecular Hbond substituents is 1. The molecule has 3 aromatic rings. The van der Waals surface area contributed by atoms with Crippen molar-refractivity contribution in [2.75, 3.05) is 19.1 Å². The first-order valence-electron chi connectivity index (χ1n) is 15.8. The molecule has 3 fully saturated rings. The molecule has 252 valence electrons. The van der Waals surface area contributed by atoms with Crippen LogP contribution in [0.15, 0.2) is 78.4 Å². The van der Waals surface area contributed by atoms with Gasteiger partial charge in [0.2, 0.25) is 11.8 Å². The number of imide groups is 4. The monoisotopic (exact) mass is 687 g/mol. The van der Waals surface area contributed by atoms with E-state index in [0.29, 0.717) is 26.6 Å². The summed E-state index contributed by atoms with van der Waals surface area (Å²) in [7, 11) is 1.08. The number of amides is 5. The van der Waals surface area contributed by atoms with Gasteiger partial charge in [0.05, 0.1) is 42.6 Å². The summed E-state index contributed by atoms with van der Waals surface area (Å²) in [6, 6.07) is 16.5. The highest BCUT2D eigenvalue weighted by atomic mass is 35.5. The molecular formula is C36H31ClFN3O8. The van der Waals surface area contributed by atoms with Gasteiger partial charge in [0.1, 0.15) is 5.82 Å². The number of nitrogens with one attached hydrogen (secondary N) is 1. The molecule has 0 radical (unpaired) electrons. The van der Waals surface area contributed by atoms with Gasteiger partial charge in [-0.2, -0.15) is 9.91 Å². The number of nitrogens with zero attached hydrogens (tertiary/aromatic N) is 2. The summed E-state index contributed by atoms with van der Waals surface area (Å²) in [5.74, 6) is -7.68. The van der Waals surface area contributed by atoms with Crippen LogP contribution in [0.25, 0.3) is 0 Å². The number of fused-ring (bicyclic) bond motifs is 4. The van der Waals surface area contributed by atoms with Crippen molar-refractivity contribution in [3.63, 3.8) is 0 Å². The highest BCUT2D eigenvalue weighted by molar-refractivity contribution is 6.30. The van der Waals surface area contributed by atoms with E-state index in [9.17, 15) is 28.7 Å². The molecule has 0 aromatic heterocycles. The summed E-state index contributed by atoms with van der Waals surface area (Å²) in [4.78, 5) is 70.2. The number of hydrazine groups is 1. The predicted octanol–water partition coefficient (Wildman–Crippen LogP) is 5.33. The molecule has 3 aromatic carbocycles. The second kappa shape index (κ2) is 12.0. The Balaban J connectivity index is 1.46. The van der Waals surface area contributed by atoms with Crippen molar-refractivity contribution in [3.05, 3.63) is 100 Å². The van der Waals surface area contributed by atoms with E-state index >= 15 is 4.79 Å². The third-order valence-corrected chi connectivity index (χ3v) is 10.5. The zero-order valence-corrected chi connectivity index (χ0v) is 27.1. The van der Waals surface area contributed by atoms with E-state index in [-0.39, 0.29) is 36.6 Å². The molecule has 11 nitrogen and oxygen atoms in total. The fraction of sp³-hybridized carbons (Fsp3) is 0.306. The zero-order valence-electron chi connectivity index (χ0n) is 26.4. The van der Waals surface area contributed by atoms with Gasteiger partial charge in [0, 0.05) is 10.9 Å². The number of halogens is 2. The summed E-state index contributed by atoms with van der Waals surface area (Å²) < 4.78 is 24.3. The van der Waals surface area contributed by atoms with Crippen molar-refractivity contribution in [3.8, 4) is 11.5 Å². The second-order valence-electron chi connectivity index (χ2n) is 12.5. The molecule has 2 N–H and O–H groups in total. The van der Waals surface area contributed by atoms with E-state index in [2.05, 4.69) is 5.43 Å². The summed E-state index contributed by atoms with van der Waals surface area (Å²) in [6.45, 7) is 1.99. The van der Waals surface area contributed by atoms with Gasteiger partial charge in [-0.1, -0.05) is 41.4 Å². The number of aromatic hydroxyl groups is 1. The number of carbonyl (C=O) groups is 5. The van der Waals surface area contributed by atoms with Crippen LogP contribution >= 0.6 is 11.6 Å². The van der Waals surface area contributed by atoms with Crippen LogP contribution in [0.3, 0.4) is 0 Å². The van der Waals surface area contributed by atoms with Crippen LogP contribution < -0.4 is 10.2 Å². The average Bonchev–Trinajstić information content (AvgIpc) is 3.47. The Hall–Kier alpha value is -5.23. The number of phenols is 1. The lowest BCUT2D eigenvalue weighted by molar-refractivity contribution is -0.140. The van der Waals surface area contributed by atoms with Crippen LogP contribution in [0.1, 0.15) is 36.8 Å². The number of hydrogen-bond acceptors (Lipinski definition) is 9. The molecule has 0 unspecified atom stereocenters. The smallest absolute Gasteiger partial charge is 0.423 e. The Labute approximate surface area is 285 Å². The first-order valence-corrected chi connectivity index (χ1v) is 16.2.